The second kappa shape index (κ2) is 10.3. The molecule has 0 aromatic heterocycles. The van der Waals surface area contributed by atoms with E-state index in [0.717, 1.165) is 5.56 Å². The molecule has 0 heterocycles. The Bertz CT molecular complexity index is 527. The number of hydrogen-bond acceptors (Lipinski definition) is 5. The van der Waals surface area contributed by atoms with Crippen LogP contribution in [0.1, 0.15) is 31.9 Å². The van der Waals surface area contributed by atoms with Crippen molar-refractivity contribution in [1.82, 2.24) is 5.32 Å². The largest absolute Gasteiger partial charge is 0.469 e. The molecule has 3 unspecified atom stereocenters. The number of benzene rings is 1. The maximum absolute atomic E-state index is 12.5. The number of halogens is 1. The lowest BCUT2D eigenvalue weighted by Crippen LogP contribution is -2.53. The molecule has 1 rings (SSSR count). The number of carbonyl (C=O) groups excluding carboxylic acids is 2. The Morgan fingerprint density at radius 2 is 1.83 bits per heavy atom. The van der Waals surface area contributed by atoms with E-state index in [9.17, 15) is 9.59 Å². The maximum atomic E-state index is 12.5. The zero-order chi connectivity index (χ0) is 17.5. The van der Waals surface area contributed by atoms with E-state index < -0.39 is 23.5 Å². The summed E-state index contributed by atoms with van der Waals surface area (Å²) in [6.07, 6.45) is 0.0242. The van der Waals surface area contributed by atoms with Gasteiger partial charge in [0.2, 0.25) is 5.91 Å². The van der Waals surface area contributed by atoms with E-state index in [0.29, 0.717) is 0 Å². The van der Waals surface area contributed by atoms with Crippen LogP contribution in [0.15, 0.2) is 30.3 Å². The lowest BCUT2D eigenvalue weighted by atomic mass is 9.92. The molecule has 0 aliphatic heterocycles. The highest BCUT2D eigenvalue weighted by Crippen LogP contribution is 2.21. The van der Waals surface area contributed by atoms with Crippen molar-refractivity contribution in [2.75, 3.05) is 20.8 Å². The van der Waals surface area contributed by atoms with Gasteiger partial charge in [0.1, 0.15) is 0 Å². The van der Waals surface area contributed by atoms with Crippen molar-refractivity contribution in [2.24, 2.45) is 11.7 Å². The molecule has 0 spiro atoms. The quantitative estimate of drug-likeness (QED) is 0.692. The highest BCUT2D eigenvalue weighted by molar-refractivity contribution is 5.85. The first-order valence-corrected chi connectivity index (χ1v) is 7.51. The summed E-state index contributed by atoms with van der Waals surface area (Å²) in [5.74, 6) is -1.10. The van der Waals surface area contributed by atoms with Gasteiger partial charge >= 0.3 is 5.97 Å². The fourth-order valence-corrected chi connectivity index (χ4v) is 2.38. The standard InChI is InChI=1S/C17H26N2O4.ClH/c1-12(15(18)13-8-6-5-7-9-13)16(21)19-17(2,11-22-3)10-14(20)23-4;/h5-9,12,15H,10-11,18H2,1-4H3,(H,19,21);1H. The topological polar surface area (TPSA) is 90.6 Å². The summed E-state index contributed by atoms with van der Waals surface area (Å²) >= 11 is 0. The summed E-state index contributed by atoms with van der Waals surface area (Å²) in [5.41, 5.74) is 6.22. The fourth-order valence-electron chi connectivity index (χ4n) is 2.38. The summed E-state index contributed by atoms with van der Waals surface area (Å²) in [7, 11) is 2.83. The predicted molar refractivity (Wildman–Crippen MR) is 94.8 cm³/mol. The van der Waals surface area contributed by atoms with Gasteiger partial charge in [-0.25, -0.2) is 0 Å². The van der Waals surface area contributed by atoms with E-state index >= 15 is 0 Å². The van der Waals surface area contributed by atoms with Crippen molar-refractivity contribution in [3.63, 3.8) is 0 Å². The zero-order valence-electron chi connectivity index (χ0n) is 14.6. The second-order valence-electron chi connectivity index (χ2n) is 5.96. The third kappa shape index (κ3) is 6.47. The third-order valence-corrected chi connectivity index (χ3v) is 3.79. The first-order valence-electron chi connectivity index (χ1n) is 7.51. The lowest BCUT2D eigenvalue weighted by Gasteiger charge is -2.31. The summed E-state index contributed by atoms with van der Waals surface area (Å²) in [5, 5.41) is 2.87. The van der Waals surface area contributed by atoms with Gasteiger partial charge < -0.3 is 20.5 Å². The number of hydrogen-bond donors (Lipinski definition) is 2. The van der Waals surface area contributed by atoms with Crippen LogP contribution in [0.4, 0.5) is 0 Å². The number of nitrogens with one attached hydrogen (secondary N) is 1. The molecule has 24 heavy (non-hydrogen) atoms. The normalized spacial score (nSPS) is 15.4. The third-order valence-electron chi connectivity index (χ3n) is 3.79. The molecule has 1 aromatic carbocycles. The number of amides is 1. The minimum atomic E-state index is -0.844. The number of rotatable bonds is 8. The minimum Gasteiger partial charge on any atom is -0.469 e. The van der Waals surface area contributed by atoms with Crippen LogP contribution >= 0.6 is 12.4 Å². The van der Waals surface area contributed by atoms with E-state index in [-0.39, 0.29) is 31.3 Å². The molecule has 0 radical (unpaired) electrons. The summed E-state index contributed by atoms with van der Waals surface area (Å²) in [4.78, 5) is 24.1. The predicted octanol–water partition coefficient (Wildman–Crippen LogP) is 1.83. The molecule has 0 aliphatic carbocycles. The highest BCUT2D eigenvalue weighted by Gasteiger charge is 2.33. The van der Waals surface area contributed by atoms with Crippen molar-refractivity contribution >= 4 is 24.3 Å². The van der Waals surface area contributed by atoms with E-state index in [1.165, 1.54) is 14.2 Å². The van der Waals surface area contributed by atoms with Gasteiger partial charge in [0, 0.05) is 13.2 Å². The Morgan fingerprint density at radius 3 is 2.33 bits per heavy atom. The first-order chi connectivity index (χ1) is 10.8. The minimum absolute atomic E-state index is 0. The summed E-state index contributed by atoms with van der Waals surface area (Å²) in [6.45, 7) is 3.70. The van der Waals surface area contributed by atoms with Crippen LogP contribution in [0.3, 0.4) is 0 Å². The van der Waals surface area contributed by atoms with Gasteiger partial charge in [0.05, 0.1) is 31.6 Å². The van der Waals surface area contributed by atoms with E-state index in [4.69, 9.17) is 10.5 Å². The number of nitrogens with two attached hydrogens (primary N) is 1. The lowest BCUT2D eigenvalue weighted by molar-refractivity contribution is -0.143. The molecule has 0 aliphatic rings. The molecule has 0 fully saturated rings. The molecule has 1 aromatic rings. The first kappa shape index (κ1) is 22.4. The number of methoxy groups -OCH3 is 2. The molecule has 3 N–H and O–H groups in total. The molecule has 7 heteroatoms. The Balaban J connectivity index is 0.00000529. The van der Waals surface area contributed by atoms with Crippen LogP contribution in [0.5, 0.6) is 0 Å². The van der Waals surface area contributed by atoms with Crippen molar-refractivity contribution < 1.29 is 19.1 Å². The monoisotopic (exact) mass is 358 g/mol. The fraction of sp³-hybridized carbons (Fsp3) is 0.529. The van der Waals surface area contributed by atoms with Crippen LogP contribution < -0.4 is 11.1 Å². The van der Waals surface area contributed by atoms with Crippen LogP contribution in [-0.4, -0.2) is 38.2 Å². The van der Waals surface area contributed by atoms with Gasteiger partial charge in [-0.05, 0) is 12.5 Å². The van der Waals surface area contributed by atoms with Crippen LogP contribution in [0.2, 0.25) is 0 Å². The molecule has 0 bridgehead atoms. The van der Waals surface area contributed by atoms with Crippen molar-refractivity contribution in [1.29, 1.82) is 0 Å². The van der Waals surface area contributed by atoms with Crippen LogP contribution in [-0.2, 0) is 19.1 Å². The summed E-state index contributed by atoms with van der Waals surface area (Å²) in [6, 6.07) is 9.00. The molecule has 0 saturated carbocycles. The van der Waals surface area contributed by atoms with E-state index in [2.05, 4.69) is 10.1 Å². The summed E-state index contributed by atoms with van der Waals surface area (Å²) < 4.78 is 9.80. The zero-order valence-corrected chi connectivity index (χ0v) is 15.4. The molecule has 0 saturated heterocycles. The highest BCUT2D eigenvalue weighted by atomic mass is 35.5. The van der Waals surface area contributed by atoms with Crippen molar-refractivity contribution in [3.8, 4) is 0 Å². The van der Waals surface area contributed by atoms with Crippen LogP contribution in [0.25, 0.3) is 0 Å². The average molecular weight is 359 g/mol. The van der Waals surface area contributed by atoms with Gasteiger partial charge in [-0.3, -0.25) is 9.59 Å². The second-order valence-corrected chi connectivity index (χ2v) is 5.96. The Morgan fingerprint density at radius 1 is 1.25 bits per heavy atom. The smallest absolute Gasteiger partial charge is 0.307 e. The van der Waals surface area contributed by atoms with Gasteiger partial charge in [-0.1, -0.05) is 37.3 Å². The molecular formula is C17H27ClN2O4. The van der Waals surface area contributed by atoms with Gasteiger partial charge in [-0.2, -0.15) is 0 Å². The Kier molecular flexibility index (Phi) is 9.58. The number of esters is 1. The SMILES string of the molecule is COCC(C)(CC(=O)OC)NC(=O)C(C)C(N)c1ccccc1.Cl. The van der Waals surface area contributed by atoms with Crippen molar-refractivity contribution in [3.05, 3.63) is 35.9 Å². The molecular weight excluding hydrogens is 332 g/mol. The Labute approximate surface area is 149 Å². The molecule has 1 amide bonds. The van der Waals surface area contributed by atoms with Crippen LogP contribution in [0, 0.1) is 5.92 Å². The van der Waals surface area contributed by atoms with Crippen molar-refractivity contribution in [2.45, 2.75) is 31.8 Å². The Hall–Kier alpha value is -1.63. The van der Waals surface area contributed by atoms with Gasteiger partial charge in [-0.15, -0.1) is 12.4 Å². The number of ether oxygens (including phenoxy) is 2. The van der Waals surface area contributed by atoms with E-state index in [1.54, 1.807) is 13.8 Å². The maximum Gasteiger partial charge on any atom is 0.307 e. The average Bonchev–Trinajstić information content (AvgIpc) is 2.53. The molecule has 3 atom stereocenters. The molecule has 6 nitrogen and oxygen atoms in total. The van der Waals surface area contributed by atoms with Gasteiger partial charge in [0.15, 0.2) is 0 Å². The van der Waals surface area contributed by atoms with Gasteiger partial charge in [0.25, 0.3) is 0 Å². The molecule has 136 valence electrons. The van der Waals surface area contributed by atoms with E-state index in [1.807, 2.05) is 30.3 Å². The number of carbonyl (C=O) groups is 2.